The highest BCUT2D eigenvalue weighted by molar-refractivity contribution is 6.46. The Morgan fingerprint density at radius 2 is 1.83 bits per heavy atom. The zero-order valence-electron chi connectivity index (χ0n) is 12.7. The van der Waals surface area contributed by atoms with Gasteiger partial charge in [-0.15, -0.1) is 15.1 Å². The van der Waals surface area contributed by atoms with Crippen LogP contribution in [0.5, 0.6) is 5.75 Å². The number of imide groups is 1. The molecule has 0 aliphatic carbocycles. The first kappa shape index (κ1) is 15.6. The Morgan fingerprint density at radius 1 is 1.17 bits per heavy atom. The molecule has 2 aliphatic heterocycles. The molecule has 2 heterocycles. The third-order valence-electron chi connectivity index (χ3n) is 3.84. The Bertz CT molecular complexity index is 759. The quantitative estimate of drug-likeness (QED) is 0.435. The van der Waals surface area contributed by atoms with Gasteiger partial charge in [-0.2, -0.15) is 0 Å². The molecule has 24 heavy (non-hydrogen) atoms. The number of amides is 2. The molecule has 2 aliphatic rings. The van der Waals surface area contributed by atoms with Crippen LogP contribution in [0, 0.1) is 10.8 Å². The largest absolute Gasteiger partial charge is 0.497 e. The summed E-state index contributed by atoms with van der Waals surface area (Å²) < 4.78 is 9.58. The number of benzene rings is 1. The van der Waals surface area contributed by atoms with Crippen molar-refractivity contribution < 1.29 is 23.9 Å². The number of methoxy groups -OCH3 is 2. The number of hydrazone groups is 1. The van der Waals surface area contributed by atoms with Crippen molar-refractivity contribution in [3.05, 3.63) is 29.2 Å². The number of esters is 1. The summed E-state index contributed by atoms with van der Waals surface area (Å²) in [6.07, 6.45) is 0. The van der Waals surface area contributed by atoms with Gasteiger partial charge < -0.3 is 9.47 Å². The van der Waals surface area contributed by atoms with Crippen LogP contribution in [0.4, 0.5) is 5.69 Å². The van der Waals surface area contributed by atoms with E-state index < -0.39 is 29.7 Å². The van der Waals surface area contributed by atoms with Gasteiger partial charge in [0, 0.05) is 0 Å². The van der Waals surface area contributed by atoms with E-state index in [0.29, 0.717) is 10.9 Å². The average Bonchev–Trinajstić information content (AvgIpc) is 3.11. The number of hydrogen-bond acceptors (Lipinski definition) is 8. The van der Waals surface area contributed by atoms with Gasteiger partial charge in [-0.3, -0.25) is 9.59 Å². The van der Waals surface area contributed by atoms with E-state index in [0.717, 1.165) is 12.0 Å². The zero-order chi connectivity index (χ0) is 17.4. The fraction of sp³-hybridized carbons (Fsp3) is 0.286. The van der Waals surface area contributed by atoms with Crippen molar-refractivity contribution in [2.45, 2.75) is 6.04 Å². The van der Waals surface area contributed by atoms with Crippen molar-refractivity contribution in [1.29, 1.82) is 0 Å². The monoisotopic (exact) mass is 332 g/mol. The van der Waals surface area contributed by atoms with Crippen LogP contribution in [0.25, 0.3) is 0 Å². The Labute approximate surface area is 135 Å². The van der Waals surface area contributed by atoms with Crippen LogP contribution in [0.15, 0.2) is 34.7 Å². The number of carbonyl (C=O) groups excluding carboxylic acids is 3. The molecule has 1 saturated heterocycles. The fourth-order valence-electron chi connectivity index (χ4n) is 2.72. The zero-order valence-corrected chi connectivity index (χ0v) is 12.7. The Morgan fingerprint density at radius 3 is 2.38 bits per heavy atom. The number of nitroso groups, excluding NO2 is 1. The molecule has 3 rings (SSSR count). The topological polar surface area (TPSA) is 118 Å². The molecule has 10 heteroatoms. The highest BCUT2D eigenvalue weighted by atomic mass is 16.5. The minimum atomic E-state index is -1.29. The molecule has 2 amide bonds. The normalized spacial score (nSPS) is 22.3. The fourth-order valence-corrected chi connectivity index (χ4v) is 2.72. The number of ether oxygens (including phenoxy) is 2. The minimum Gasteiger partial charge on any atom is -0.497 e. The second-order valence-corrected chi connectivity index (χ2v) is 5.01. The molecule has 0 aromatic heterocycles. The Hall–Kier alpha value is -3.30. The standard InChI is InChI=1S/C14H12N4O6/c1-23-8-5-3-7(4-6-8)17-12(19)9-10(14(21)24-2)15-18(16-22)11(9)13(17)20/h3-6,9,11H,1-2H3/t9-,11+/m0/s1. The molecule has 1 aromatic rings. The molecule has 1 aromatic carbocycles. The number of fused-ring (bicyclic) bond motifs is 1. The predicted molar refractivity (Wildman–Crippen MR) is 79.9 cm³/mol. The van der Waals surface area contributed by atoms with Crippen LogP contribution in [0.2, 0.25) is 0 Å². The van der Waals surface area contributed by atoms with Crippen LogP contribution in [0.3, 0.4) is 0 Å². The maximum Gasteiger partial charge on any atom is 0.355 e. The van der Waals surface area contributed by atoms with E-state index in [9.17, 15) is 19.3 Å². The number of rotatable bonds is 4. The summed E-state index contributed by atoms with van der Waals surface area (Å²) in [4.78, 5) is 48.8. The lowest BCUT2D eigenvalue weighted by Gasteiger charge is -2.16. The summed E-state index contributed by atoms with van der Waals surface area (Å²) >= 11 is 0. The third-order valence-corrected chi connectivity index (χ3v) is 3.84. The van der Waals surface area contributed by atoms with Crippen molar-refractivity contribution in [3.63, 3.8) is 0 Å². The van der Waals surface area contributed by atoms with Crippen LogP contribution in [-0.2, 0) is 19.1 Å². The number of nitrogens with zero attached hydrogens (tertiary/aromatic N) is 4. The maximum absolute atomic E-state index is 12.7. The molecule has 2 atom stereocenters. The first-order valence-corrected chi connectivity index (χ1v) is 6.84. The van der Waals surface area contributed by atoms with Crippen LogP contribution < -0.4 is 9.64 Å². The lowest BCUT2D eigenvalue weighted by Crippen LogP contribution is -2.36. The molecule has 0 radical (unpaired) electrons. The highest BCUT2D eigenvalue weighted by Gasteiger charge is 2.59. The van der Waals surface area contributed by atoms with Gasteiger partial charge in [0.15, 0.2) is 11.8 Å². The van der Waals surface area contributed by atoms with Gasteiger partial charge in [0.25, 0.3) is 5.91 Å². The second-order valence-electron chi connectivity index (χ2n) is 5.01. The van der Waals surface area contributed by atoms with E-state index in [2.05, 4.69) is 15.1 Å². The van der Waals surface area contributed by atoms with Crippen molar-refractivity contribution in [2.75, 3.05) is 19.1 Å². The first-order valence-electron chi connectivity index (χ1n) is 6.84. The minimum absolute atomic E-state index is 0.287. The van der Waals surface area contributed by atoms with E-state index in [1.807, 2.05) is 0 Å². The molecule has 0 saturated carbocycles. The van der Waals surface area contributed by atoms with E-state index in [4.69, 9.17) is 4.74 Å². The first-order chi connectivity index (χ1) is 11.5. The van der Waals surface area contributed by atoms with Gasteiger partial charge >= 0.3 is 5.97 Å². The van der Waals surface area contributed by atoms with Crippen LogP contribution in [-0.4, -0.2) is 48.9 Å². The second kappa shape index (κ2) is 5.72. The number of anilines is 1. The SMILES string of the molecule is COC(=O)C1=NN(N=O)[C@H]2C(=O)N(c3ccc(OC)cc3)C(=O)[C@@H]12. The van der Waals surface area contributed by atoms with E-state index >= 15 is 0 Å². The summed E-state index contributed by atoms with van der Waals surface area (Å²) in [6, 6.07) is 4.91. The van der Waals surface area contributed by atoms with Crippen molar-refractivity contribution in [3.8, 4) is 5.75 Å². The number of hydrogen-bond donors (Lipinski definition) is 0. The summed E-state index contributed by atoms with van der Waals surface area (Å²) in [7, 11) is 2.59. The lowest BCUT2D eigenvalue weighted by molar-refractivity contribution is -0.133. The Balaban J connectivity index is 2.00. The highest BCUT2D eigenvalue weighted by Crippen LogP contribution is 2.35. The maximum atomic E-state index is 12.7. The van der Waals surface area contributed by atoms with Crippen molar-refractivity contribution in [1.82, 2.24) is 5.12 Å². The molecule has 0 bridgehead atoms. The lowest BCUT2D eigenvalue weighted by atomic mass is 9.98. The molecule has 1 fully saturated rings. The van der Waals surface area contributed by atoms with Gasteiger partial charge in [0.05, 0.1) is 25.2 Å². The molecule has 10 nitrogen and oxygen atoms in total. The molecule has 0 unspecified atom stereocenters. The average molecular weight is 332 g/mol. The van der Waals surface area contributed by atoms with Gasteiger partial charge in [-0.05, 0) is 24.3 Å². The van der Waals surface area contributed by atoms with E-state index in [-0.39, 0.29) is 11.4 Å². The van der Waals surface area contributed by atoms with Crippen molar-refractivity contribution >= 4 is 29.2 Å². The third kappa shape index (κ3) is 2.11. The van der Waals surface area contributed by atoms with Gasteiger partial charge in [-0.1, -0.05) is 0 Å². The molecular weight excluding hydrogens is 320 g/mol. The molecule has 0 spiro atoms. The smallest absolute Gasteiger partial charge is 0.355 e. The van der Waals surface area contributed by atoms with Crippen molar-refractivity contribution in [2.24, 2.45) is 16.3 Å². The summed E-state index contributed by atoms with van der Waals surface area (Å²) in [5, 5.41) is 6.76. The van der Waals surface area contributed by atoms with Crippen LogP contribution >= 0.6 is 0 Å². The molecule has 124 valence electrons. The van der Waals surface area contributed by atoms with E-state index in [1.165, 1.54) is 19.2 Å². The van der Waals surface area contributed by atoms with Crippen LogP contribution in [0.1, 0.15) is 0 Å². The van der Waals surface area contributed by atoms with Gasteiger partial charge in [-0.25, -0.2) is 9.69 Å². The Kier molecular flexibility index (Phi) is 3.72. The summed E-state index contributed by atoms with van der Waals surface area (Å²) in [6.45, 7) is 0. The summed E-state index contributed by atoms with van der Waals surface area (Å²) in [5.74, 6) is -2.95. The van der Waals surface area contributed by atoms with Gasteiger partial charge in [0.1, 0.15) is 11.7 Å². The van der Waals surface area contributed by atoms with E-state index in [1.54, 1.807) is 12.1 Å². The predicted octanol–water partition coefficient (Wildman–Crippen LogP) is 0.0792. The molecular formula is C14H12N4O6. The number of carbonyl (C=O) groups is 3. The molecule has 0 N–H and O–H groups in total. The van der Waals surface area contributed by atoms with Gasteiger partial charge in [0.2, 0.25) is 5.91 Å². The summed E-state index contributed by atoms with van der Waals surface area (Å²) in [5.41, 5.74) is -0.0354.